The third-order valence-electron chi connectivity index (χ3n) is 2.88. The molecular formula is C16H16FO4P. The standard InChI is InChI=1S/C16H16FO4P/c1-19-22(18,20-2)21-16(12-13-6-4-3-5-7-13)14-8-10-15(17)11-9-14/h3-12H,1-2H3/b16-12+. The van der Waals surface area contributed by atoms with Crippen LogP contribution in [0.25, 0.3) is 11.8 Å². The van der Waals surface area contributed by atoms with Crippen LogP contribution in [0.5, 0.6) is 0 Å². The third-order valence-corrected chi connectivity index (χ3v) is 4.20. The van der Waals surface area contributed by atoms with Gasteiger partial charge < -0.3 is 4.52 Å². The highest BCUT2D eigenvalue weighted by Gasteiger charge is 2.26. The fourth-order valence-electron chi connectivity index (χ4n) is 1.75. The van der Waals surface area contributed by atoms with E-state index < -0.39 is 7.82 Å². The normalized spacial score (nSPS) is 12.2. The van der Waals surface area contributed by atoms with Crippen LogP contribution in [0.3, 0.4) is 0 Å². The zero-order chi connectivity index (χ0) is 16.0. The van der Waals surface area contributed by atoms with Crippen molar-refractivity contribution in [1.82, 2.24) is 0 Å². The highest BCUT2D eigenvalue weighted by atomic mass is 31.2. The molecule has 0 aliphatic carbocycles. The predicted octanol–water partition coefficient (Wildman–Crippen LogP) is 4.74. The van der Waals surface area contributed by atoms with Crippen LogP contribution in [-0.2, 0) is 18.1 Å². The van der Waals surface area contributed by atoms with Crippen molar-refractivity contribution in [2.45, 2.75) is 0 Å². The Labute approximate surface area is 128 Å². The molecule has 0 saturated heterocycles. The summed E-state index contributed by atoms with van der Waals surface area (Å²) in [6.07, 6.45) is 1.68. The fourth-order valence-corrected chi connectivity index (χ4v) is 2.44. The molecule has 22 heavy (non-hydrogen) atoms. The molecule has 6 heteroatoms. The van der Waals surface area contributed by atoms with Crippen LogP contribution in [0.2, 0.25) is 0 Å². The van der Waals surface area contributed by atoms with Crippen molar-refractivity contribution in [1.29, 1.82) is 0 Å². The van der Waals surface area contributed by atoms with Gasteiger partial charge in [-0.05, 0) is 35.9 Å². The molecule has 2 aromatic rings. The number of hydrogen-bond acceptors (Lipinski definition) is 4. The van der Waals surface area contributed by atoms with Gasteiger partial charge in [-0.15, -0.1) is 0 Å². The first-order valence-electron chi connectivity index (χ1n) is 6.50. The average Bonchev–Trinajstić information content (AvgIpc) is 2.56. The van der Waals surface area contributed by atoms with Crippen molar-refractivity contribution in [3.05, 3.63) is 71.5 Å². The average molecular weight is 322 g/mol. The summed E-state index contributed by atoms with van der Waals surface area (Å²) < 4.78 is 40.3. The molecule has 4 nitrogen and oxygen atoms in total. The SMILES string of the molecule is COP(=O)(OC)O/C(=C/c1ccccc1)c1ccc(F)cc1. The Morgan fingerprint density at radius 2 is 1.59 bits per heavy atom. The molecule has 0 radical (unpaired) electrons. The van der Waals surface area contributed by atoms with Gasteiger partial charge in [-0.1, -0.05) is 30.3 Å². The van der Waals surface area contributed by atoms with Crippen LogP contribution in [0.4, 0.5) is 4.39 Å². The summed E-state index contributed by atoms with van der Waals surface area (Å²) in [4.78, 5) is 0. The van der Waals surface area contributed by atoms with E-state index in [4.69, 9.17) is 13.6 Å². The highest BCUT2D eigenvalue weighted by Crippen LogP contribution is 2.51. The molecule has 0 unspecified atom stereocenters. The Bertz CT molecular complexity index is 675. The second-order valence-corrected chi connectivity index (χ2v) is 6.14. The van der Waals surface area contributed by atoms with Crippen LogP contribution >= 0.6 is 7.82 Å². The lowest BCUT2D eigenvalue weighted by Crippen LogP contribution is -1.96. The topological polar surface area (TPSA) is 44.8 Å². The summed E-state index contributed by atoms with van der Waals surface area (Å²) in [5.74, 6) is -0.109. The molecule has 0 saturated carbocycles. The quantitative estimate of drug-likeness (QED) is 0.438. The monoisotopic (exact) mass is 322 g/mol. The van der Waals surface area contributed by atoms with Crippen molar-refractivity contribution in [2.75, 3.05) is 14.2 Å². The van der Waals surface area contributed by atoms with E-state index in [9.17, 15) is 8.96 Å². The smallest absolute Gasteiger partial charge is 0.403 e. The highest BCUT2D eigenvalue weighted by molar-refractivity contribution is 7.48. The molecule has 0 spiro atoms. The van der Waals surface area contributed by atoms with E-state index in [1.165, 1.54) is 38.5 Å². The number of rotatable bonds is 6. The van der Waals surface area contributed by atoms with Crippen molar-refractivity contribution < 1.29 is 22.5 Å². The van der Waals surface area contributed by atoms with Gasteiger partial charge in [0, 0.05) is 19.8 Å². The van der Waals surface area contributed by atoms with Crippen LogP contribution in [0.15, 0.2) is 54.6 Å². The van der Waals surface area contributed by atoms with Gasteiger partial charge in [0.15, 0.2) is 0 Å². The Hall–Kier alpha value is -1.94. The van der Waals surface area contributed by atoms with Gasteiger partial charge in [0.2, 0.25) is 0 Å². The van der Waals surface area contributed by atoms with Crippen LogP contribution in [-0.4, -0.2) is 14.2 Å². The first-order chi connectivity index (χ1) is 10.6. The van der Waals surface area contributed by atoms with E-state index in [1.54, 1.807) is 6.08 Å². The van der Waals surface area contributed by atoms with Crippen molar-refractivity contribution in [2.24, 2.45) is 0 Å². The minimum Gasteiger partial charge on any atom is -0.403 e. The lowest BCUT2D eigenvalue weighted by atomic mass is 10.1. The second-order valence-electron chi connectivity index (χ2n) is 4.33. The first kappa shape index (κ1) is 16.4. The molecule has 0 aromatic heterocycles. The van der Waals surface area contributed by atoms with Gasteiger partial charge in [0.05, 0.1) is 0 Å². The summed E-state index contributed by atoms with van der Waals surface area (Å²) in [6.45, 7) is 0. The molecule has 116 valence electrons. The van der Waals surface area contributed by atoms with E-state index in [0.717, 1.165) is 5.56 Å². The number of benzene rings is 2. The van der Waals surface area contributed by atoms with Crippen molar-refractivity contribution in [3.63, 3.8) is 0 Å². The lowest BCUT2D eigenvalue weighted by molar-refractivity contribution is 0.201. The Balaban J connectivity index is 2.43. The number of hydrogen-bond donors (Lipinski definition) is 0. The van der Waals surface area contributed by atoms with Crippen molar-refractivity contribution >= 4 is 19.7 Å². The van der Waals surface area contributed by atoms with E-state index in [2.05, 4.69) is 0 Å². The van der Waals surface area contributed by atoms with Crippen LogP contribution in [0.1, 0.15) is 11.1 Å². The molecule has 0 N–H and O–H groups in total. The molecule has 0 bridgehead atoms. The Kier molecular flexibility index (Phi) is 5.50. The maximum Gasteiger partial charge on any atom is 0.529 e. The molecule has 0 heterocycles. The zero-order valence-electron chi connectivity index (χ0n) is 12.2. The van der Waals surface area contributed by atoms with Gasteiger partial charge in [0.25, 0.3) is 0 Å². The Morgan fingerprint density at radius 1 is 1.00 bits per heavy atom. The molecule has 0 aliphatic heterocycles. The number of halogens is 1. The van der Waals surface area contributed by atoms with E-state index in [-0.39, 0.29) is 11.6 Å². The maximum atomic E-state index is 13.1. The Morgan fingerprint density at radius 3 is 2.14 bits per heavy atom. The molecule has 0 amide bonds. The van der Waals surface area contributed by atoms with Gasteiger partial charge in [-0.3, -0.25) is 9.05 Å². The van der Waals surface area contributed by atoms with Gasteiger partial charge in [0.1, 0.15) is 11.6 Å². The molecular weight excluding hydrogens is 306 g/mol. The summed E-state index contributed by atoms with van der Waals surface area (Å²) in [5.41, 5.74) is 1.39. The summed E-state index contributed by atoms with van der Waals surface area (Å²) in [6, 6.07) is 15.0. The van der Waals surface area contributed by atoms with E-state index >= 15 is 0 Å². The van der Waals surface area contributed by atoms with E-state index in [0.29, 0.717) is 5.56 Å². The molecule has 0 atom stereocenters. The number of phosphoric ester groups is 1. The fraction of sp³-hybridized carbons (Fsp3) is 0.125. The summed E-state index contributed by atoms with van der Waals surface area (Å²) in [7, 11) is -1.25. The predicted molar refractivity (Wildman–Crippen MR) is 83.4 cm³/mol. The molecule has 0 aliphatic rings. The van der Waals surface area contributed by atoms with Gasteiger partial charge >= 0.3 is 7.82 Å². The zero-order valence-corrected chi connectivity index (χ0v) is 13.1. The van der Waals surface area contributed by atoms with Gasteiger partial charge in [-0.25, -0.2) is 8.96 Å². The minimum absolute atomic E-state index is 0.262. The van der Waals surface area contributed by atoms with Crippen LogP contribution < -0.4 is 0 Å². The van der Waals surface area contributed by atoms with Gasteiger partial charge in [-0.2, -0.15) is 0 Å². The third kappa shape index (κ3) is 4.28. The summed E-state index contributed by atoms with van der Waals surface area (Å²) >= 11 is 0. The van der Waals surface area contributed by atoms with Crippen LogP contribution in [0, 0.1) is 5.82 Å². The first-order valence-corrected chi connectivity index (χ1v) is 7.96. The minimum atomic E-state index is -3.71. The molecule has 2 aromatic carbocycles. The summed E-state index contributed by atoms with van der Waals surface area (Å²) in [5, 5.41) is 0. The largest absolute Gasteiger partial charge is 0.529 e. The molecule has 2 rings (SSSR count). The maximum absolute atomic E-state index is 13.1. The second kappa shape index (κ2) is 7.36. The number of phosphoric acid groups is 1. The van der Waals surface area contributed by atoms with Crippen molar-refractivity contribution in [3.8, 4) is 0 Å². The molecule has 0 fully saturated rings. The van der Waals surface area contributed by atoms with E-state index in [1.807, 2.05) is 30.3 Å². The lowest BCUT2D eigenvalue weighted by Gasteiger charge is -2.17.